The molecule has 0 rings (SSSR count). The van der Waals surface area contributed by atoms with E-state index in [1.807, 2.05) is 13.8 Å². The average molecular weight is 401 g/mol. The number of carbonyl (C=O) groups is 1. The van der Waals surface area contributed by atoms with Crippen LogP contribution in [0, 0.1) is 5.92 Å². The number of nitrogens with one attached hydrogen (secondary N) is 2. The van der Waals surface area contributed by atoms with E-state index in [4.69, 9.17) is 4.74 Å². The Morgan fingerprint density at radius 1 is 1.30 bits per heavy atom. The van der Waals surface area contributed by atoms with Crippen molar-refractivity contribution in [2.24, 2.45) is 10.9 Å². The molecule has 0 aliphatic rings. The van der Waals surface area contributed by atoms with Crippen LogP contribution in [0.5, 0.6) is 0 Å². The topological polar surface area (TPSA) is 72.0 Å². The maximum atomic E-state index is 11.2. The summed E-state index contributed by atoms with van der Waals surface area (Å²) >= 11 is 0. The lowest BCUT2D eigenvalue weighted by Gasteiger charge is -2.14. The van der Waals surface area contributed by atoms with Crippen molar-refractivity contribution < 1.29 is 14.3 Å². The summed E-state index contributed by atoms with van der Waals surface area (Å²) in [6.45, 7) is 6.71. The molecule has 0 aliphatic heterocycles. The van der Waals surface area contributed by atoms with Crippen molar-refractivity contribution in [2.75, 3.05) is 40.5 Å². The number of aliphatic imine (C=N–C) groups is 1. The van der Waals surface area contributed by atoms with E-state index in [-0.39, 0.29) is 35.9 Å². The highest BCUT2D eigenvalue weighted by atomic mass is 127. The summed E-state index contributed by atoms with van der Waals surface area (Å²) in [5, 5.41) is 6.28. The van der Waals surface area contributed by atoms with E-state index in [0.717, 1.165) is 32.6 Å². The van der Waals surface area contributed by atoms with Crippen LogP contribution in [0.2, 0.25) is 0 Å². The first-order valence-electron chi connectivity index (χ1n) is 6.75. The number of hydrogen-bond donors (Lipinski definition) is 2. The van der Waals surface area contributed by atoms with Crippen molar-refractivity contribution in [3.63, 3.8) is 0 Å². The molecule has 7 heteroatoms. The van der Waals surface area contributed by atoms with E-state index in [1.165, 1.54) is 7.11 Å². The van der Waals surface area contributed by atoms with Gasteiger partial charge in [0.1, 0.15) is 0 Å². The van der Waals surface area contributed by atoms with Crippen molar-refractivity contribution in [3.05, 3.63) is 0 Å². The number of hydrogen-bond acceptors (Lipinski definition) is 4. The predicted octanol–water partition coefficient (Wildman–Crippen LogP) is 1.40. The molecule has 6 nitrogen and oxygen atoms in total. The molecule has 0 aromatic heterocycles. The minimum Gasteiger partial charge on any atom is -0.469 e. The molecule has 1 unspecified atom stereocenters. The van der Waals surface area contributed by atoms with Crippen LogP contribution in [0.3, 0.4) is 0 Å². The quantitative estimate of drug-likeness (QED) is 0.201. The zero-order valence-electron chi connectivity index (χ0n) is 12.9. The number of ether oxygens (including phenoxy) is 2. The van der Waals surface area contributed by atoms with Crippen molar-refractivity contribution in [1.29, 1.82) is 0 Å². The molecule has 2 N–H and O–H groups in total. The molecule has 0 saturated carbocycles. The van der Waals surface area contributed by atoms with E-state index in [2.05, 4.69) is 20.4 Å². The number of rotatable bonds is 9. The smallest absolute Gasteiger partial charge is 0.310 e. The first-order valence-corrected chi connectivity index (χ1v) is 6.75. The van der Waals surface area contributed by atoms with Gasteiger partial charge < -0.3 is 20.1 Å². The molecule has 120 valence electrons. The molecule has 0 heterocycles. The van der Waals surface area contributed by atoms with Crippen molar-refractivity contribution in [3.8, 4) is 0 Å². The van der Waals surface area contributed by atoms with Crippen LogP contribution >= 0.6 is 24.0 Å². The predicted molar refractivity (Wildman–Crippen MR) is 91.7 cm³/mol. The first-order chi connectivity index (χ1) is 9.15. The van der Waals surface area contributed by atoms with Gasteiger partial charge in [0.15, 0.2) is 5.96 Å². The minimum atomic E-state index is -0.223. The SMILES string of the molecule is CCOCCCCNC(=NC)NCC(C)C(=O)OC.I. The Labute approximate surface area is 139 Å². The van der Waals surface area contributed by atoms with Gasteiger partial charge in [0.25, 0.3) is 0 Å². The molecular weight excluding hydrogens is 373 g/mol. The summed E-state index contributed by atoms with van der Waals surface area (Å²) in [5.41, 5.74) is 0. The van der Waals surface area contributed by atoms with Crippen LogP contribution < -0.4 is 10.6 Å². The highest BCUT2D eigenvalue weighted by Crippen LogP contribution is 1.95. The van der Waals surface area contributed by atoms with Gasteiger partial charge in [-0.2, -0.15) is 0 Å². The highest BCUT2D eigenvalue weighted by molar-refractivity contribution is 14.0. The molecule has 0 aromatic rings. The van der Waals surface area contributed by atoms with Gasteiger partial charge in [-0.3, -0.25) is 9.79 Å². The maximum Gasteiger partial charge on any atom is 0.310 e. The monoisotopic (exact) mass is 401 g/mol. The maximum absolute atomic E-state index is 11.2. The van der Waals surface area contributed by atoms with E-state index in [9.17, 15) is 4.79 Å². The average Bonchev–Trinajstić information content (AvgIpc) is 2.44. The Morgan fingerprint density at radius 2 is 2.00 bits per heavy atom. The van der Waals surface area contributed by atoms with Crippen molar-refractivity contribution in [1.82, 2.24) is 10.6 Å². The molecule has 0 fully saturated rings. The fourth-order valence-electron chi connectivity index (χ4n) is 1.44. The van der Waals surface area contributed by atoms with Crippen LogP contribution in [0.1, 0.15) is 26.7 Å². The summed E-state index contributed by atoms with van der Waals surface area (Å²) in [7, 11) is 3.10. The first kappa shape index (κ1) is 21.7. The van der Waals surface area contributed by atoms with Gasteiger partial charge in [0.05, 0.1) is 13.0 Å². The molecule has 0 spiro atoms. The Morgan fingerprint density at radius 3 is 2.55 bits per heavy atom. The molecule has 0 saturated heterocycles. The lowest BCUT2D eigenvalue weighted by atomic mass is 10.2. The van der Waals surface area contributed by atoms with Crippen LogP contribution in [0.25, 0.3) is 0 Å². The molecule has 0 aliphatic carbocycles. The highest BCUT2D eigenvalue weighted by Gasteiger charge is 2.12. The van der Waals surface area contributed by atoms with Gasteiger partial charge in [-0.25, -0.2) is 0 Å². The summed E-state index contributed by atoms with van der Waals surface area (Å²) in [4.78, 5) is 15.3. The third kappa shape index (κ3) is 11.3. The fourth-order valence-corrected chi connectivity index (χ4v) is 1.44. The number of nitrogens with zero attached hydrogens (tertiary/aromatic N) is 1. The van der Waals surface area contributed by atoms with E-state index >= 15 is 0 Å². The number of halogens is 1. The van der Waals surface area contributed by atoms with Gasteiger partial charge in [0.2, 0.25) is 0 Å². The third-order valence-electron chi connectivity index (χ3n) is 2.61. The summed E-state index contributed by atoms with van der Waals surface area (Å²) in [6, 6.07) is 0. The summed E-state index contributed by atoms with van der Waals surface area (Å²) in [5.74, 6) is 0.285. The van der Waals surface area contributed by atoms with E-state index in [1.54, 1.807) is 7.05 Å². The molecule has 0 radical (unpaired) electrons. The van der Waals surface area contributed by atoms with Gasteiger partial charge >= 0.3 is 5.97 Å². The number of carbonyl (C=O) groups excluding carboxylic acids is 1. The van der Waals surface area contributed by atoms with Crippen LogP contribution in [-0.4, -0.2) is 52.4 Å². The molecule has 0 aromatic carbocycles. The van der Waals surface area contributed by atoms with E-state index in [0.29, 0.717) is 12.5 Å². The molecule has 0 amide bonds. The Hall–Kier alpha value is -0.570. The number of methoxy groups -OCH3 is 1. The Bertz CT molecular complexity index is 276. The summed E-state index contributed by atoms with van der Waals surface area (Å²) < 4.78 is 9.92. The molecular formula is C13H28IN3O3. The number of guanidine groups is 1. The van der Waals surface area contributed by atoms with Gasteiger partial charge in [-0.05, 0) is 19.8 Å². The van der Waals surface area contributed by atoms with Crippen molar-refractivity contribution >= 4 is 35.9 Å². The second-order valence-electron chi connectivity index (χ2n) is 4.21. The van der Waals surface area contributed by atoms with Crippen molar-refractivity contribution in [2.45, 2.75) is 26.7 Å². The van der Waals surface area contributed by atoms with Gasteiger partial charge in [-0.15, -0.1) is 24.0 Å². The Kier molecular flexibility index (Phi) is 16.1. The molecule has 20 heavy (non-hydrogen) atoms. The second-order valence-corrected chi connectivity index (χ2v) is 4.21. The zero-order chi connectivity index (χ0) is 14.5. The van der Waals surface area contributed by atoms with Gasteiger partial charge in [-0.1, -0.05) is 6.92 Å². The standard InChI is InChI=1S/C13H27N3O3.HI/c1-5-19-9-7-6-8-15-13(14-3)16-10-11(2)12(17)18-4;/h11H,5-10H2,1-4H3,(H2,14,15,16);1H. The van der Waals surface area contributed by atoms with Crippen LogP contribution in [-0.2, 0) is 14.3 Å². The minimum absolute atomic E-state index is 0. The fraction of sp³-hybridized carbons (Fsp3) is 0.846. The lowest BCUT2D eigenvalue weighted by Crippen LogP contribution is -2.41. The zero-order valence-corrected chi connectivity index (χ0v) is 15.2. The lowest BCUT2D eigenvalue weighted by molar-refractivity contribution is -0.144. The van der Waals surface area contributed by atoms with Crippen LogP contribution in [0.4, 0.5) is 0 Å². The second kappa shape index (κ2) is 14.8. The number of unbranched alkanes of at least 4 members (excludes halogenated alkanes) is 1. The molecule has 1 atom stereocenters. The van der Waals surface area contributed by atoms with Crippen LogP contribution in [0.15, 0.2) is 4.99 Å². The summed E-state index contributed by atoms with van der Waals surface area (Å²) in [6.07, 6.45) is 2.05. The van der Waals surface area contributed by atoms with E-state index < -0.39 is 0 Å². The Balaban J connectivity index is 0. The third-order valence-corrected chi connectivity index (χ3v) is 2.61. The molecule has 0 bridgehead atoms. The van der Waals surface area contributed by atoms with Gasteiger partial charge in [0, 0.05) is 33.4 Å². The largest absolute Gasteiger partial charge is 0.469 e. The number of esters is 1. The normalized spacial score (nSPS) is 12.3.